The predicted molar refractivity (Wildman–Crippen MR) is 158 cm³/mol. The molecule has 3 aromatic carbocycles. The second kappa shape index (κ2) is 10.2. The van der Waals surface area contributed by atoms with Crippen LogP contribution in [0, 0.1) is 0 Å². The number of benzene rings is 3. The van der Waals surface area contributed by atoms with Crippen molar-refractivity contribution >= 4 is 49.3 Å². The maximum Gasteiger partial charge on any atom is 0.183 e. The average molecular weight is 527 g/mol. The van der Waals surface area contributed by atoms with E-state index in [2.05, 4.69) is 78.3 Å². The van der Waals surface area contributed by atoms with Crippen LogP contribution in [-0.4, -0.2) is 40.5 Å². The molecule has 7 heteroatoms. The number of methoxy groups -OCH3 is 1. The Morgan fingerprint density at radius 1 is 1.14 bits per heavy atom. The molecule has 1 aliphatic carbocycles. The number of aliphatic imine (C=N–C) groups is 1. The molecular formula is C30H30N4OS2. The standard InChI is InChI=1S/C30H30N4OS2/c1-19(2)18-34-28-23-8-5-4-7-21(23)17-26(28)37-30(34)32-22-13-11-20(12-14-22)15-16-31-29-33-27-24(35-3)9-6-10-25(27)36-29/h4-14,26,28H,1,15-18H2,2-3H3,(H,31,33)/t26?,28-/m0/s1. The lowest BCUT2D eigenvalue weighted by Gasteiger charge is -2.26. The zero-order valence-electron chi connectivity index (χ0n) is 21.1. The number of nitrogens with zero attached hydrogens (tertiary/aromatic N) is 3. The molecular weight excluding hydrogens is 496 g/mol. The molecule has 6 rings (SSSR count). The third kappa shape index (κ3) is 4.86. The van der Waals surface area contributed by atoms with Crippen LogP contribution in [-0.2, 0) is 12.8 Å². The quantitative estimate of drug-likeness (QED) is 0.245. The second-order valence-corrected chi connectivity index (χ2v) is 11.9. The van der Waals surface area contributed by atoms with E-state index in [4.69, 9.17) is 14.7 Å². The molecule has 1 aliphatic heterocycles. The van der Waals surface area contributed by atoms with Gasteiger partial charge in [-0.15, -0.1) is 0 Å². The van der Waals surface area contributed by atoms with E-state index in [9.17, 15) is 0 Å². The fourth-order valence-electron chi connectivity index (χ4n) is 5.21. The van der Waals surface area contributed by atoms with E-state index in [-0.39, 0.29) is 0 Å². The van der Waals surface area contributed by atoms with Crippen LogP contribution in [0.25, 0.3) is 10.2 Å². The molecule has 0 spiro atoms. The monoisotopic (exact) mass is 526 g/mol. The summed E-state index contributed by atoms with van der Waals surface area (Å²) in [6.45, 7) is 7.95. The number of ether oxygens (including phenoxy) is 1. The van der Waals surface area contributed by atoms with E-state index in [0.29, 0.717) is 11.3 Å². The first kappa shape index (κ1) is 24.1. The number of thioether (sulfide) groups is 1. The minimum absolute atomic E-state index is 0.379. The van der Waals surface area contributed by atoms with Gasteiger partial charge in [0.25, 0.3) is 0 Å². The van der Waals surface area contributed by atoms with E-state index in [1.807, 2.05) is 23.9 Å². The van der Waals surface area contributed by atoms with Crippen LogP contribution in [0.3, 0.4) is 0 Å². The lowest BCUT2D eigenvalue weighted by molar-refractivity contribution is 0.363. The number of rotatable bonds is 8. The first-order valence-electron chi connectivity index (χ1n) is 12.6. The fourth-order valence-corrected chi connectivity index (χ4v) is 7.54. The van der Waals surface area contributed by atoms with Crippen LogP contribution >= 0.6 is 23.1 Å². The Bertz CT molecular complexity index is 1480. The second-order valence-electron chi connectivity index (χ2n) is 9.65. The lowest BCUT2D eigenvalue weighted by Crippen LogP contribution is -2.29. The molecule has 1 aromatic heterocycles. The minimum Gasteiger partial charge on any atom is -0.494 e. The van der Waals surface area contributed by atoms with Crippen molar-refractivity contribution in [3.63, 3.8) is 0 Å². The van der Waals surface area contributed by atoms with Crippen LogP contribution in [0.5, 0.6) is 5.75 Å². The van der Waals surface area contributed by atoms with Crippen molar-refractivity contribution in [2.75, 3.05) is 25.5 Å². The first-order chi connectivity index (χ1) is 18.1. The van der Waals surface area contributed by atoms with Crippen molar-refractivity contribution in [3.05, 3.63) is 95.6 Å². The highest BCUT2D eigenvalue weighted by Crippen LogP contribution is 2.49. The molecule has 0 bridgehead atoms. The Morgan fingerprint density at radius 3 is 2.78 bits per heavy atom. The smallest absolute Gasteiger partial charge is 0.183 e. The predicted octanol–water partition coefficient (Wildman–Crippen LogP) is 7.24. The lowest BCUT2D eigenvalue weighted by atomic mass is 10.1. The van der Waals surface area contributed by atoms with Crippen molar-refractivity contribution in [1.29, 1.82) is 0 Å². The summed E-state index contributed by atoms with van der Waals surface area (Å²) in [5.41, 5.74) is 7.27. The van der Waals surface area contributed by atoms with Crippen LogP contribution in [0.15, 0.2) is 83.9 Å². The van der Waals surface area contributed by atoms with E-state index in [1.165, 1.54) is 16.7 Å². The van der Waals surface area contributed by atoms with E-state index in [0.717, 1.165) is 63.5 Å². The summed E-state index contributed by atoms with van der Waals surface area (Å²) in [4.78, 5) is 12.2. The molecule has 1 saturated heterocycles. The van der Waals surface area contributed by atoms with Gasteiger partial charge < -0.3 is 15.0 Å². The zero-order chi connectivity index (χ0) is 25.4. The summed E-state index contributed by atoms with van der Waals surface area (Å²) in [6, 6.07) is 23.9. The molecule has 2 aliphatic rings. The number of hydrogen-bond donors (Lipinski definition) is 1. The topological polar surface area (TPSA) is 49.8 Å². The van der Waals surface area contributed by atoms with E-state index in [1.54, 1.807) is 18.4 Å². The van der Waals surface area contributed by atoms with Crippen LogP contribution in [0.2, 0.25) is 0 Å². The molecule has 1 N–H and O–H groups in total. The van der Waals surface area contributed by atoms with Gasteiger partial charge in [-0.3, -0.25) is 0 Å². The average Bonchev–Trinajstić information content (AvgIpc) is 3.57. The van der Waals surface area contributed by atoms with E-state index < -0.39 is 0 Å². The number of para-hydroxylation sites is 1. The number of anilines is 1. The summed E-state index contributed by atoms with van der Waals surface area (Å²) in [7, 11) is 1.68. The largest absolute Gasteiger partial charge is 0.494 e. The summed E-state index contributed by atoms with van der Waals surface area (Å²) >= 11 is 3.57. The van der Waals surface area contributed by atoms with Crippen molar-refractivity contribution in [3.8, 4) is 5.75 Å². The summed E-state index contributed by atoms with van der Waals surface area (Å²) < 4.78 is 6.56. The summed E-state index contributed by atoms with van der Waals surface area (Å²) in [5, 5.41) is 6.01. The van der Waals surface area contributed by atoms with Crippen LogP contribution in [0.4, 0.5) is 10.8 Å². The molecule has 188 valence electrons. The molecule has 4 aromatic rings. The molecule has 5 nitrogen and oxygen atoms in total. The van der Waals surface area contributed by atoms with Crippen LogP contribution < -0.4 is 10.1 Å². The van der Waals surface area contributed by atoms with E-state index >= 15 is 0 Å². The normalized spacial score (nSPS) is 19.3. The van der Waals surface area contributed by atoms with Gasteiger partial charge in [-0.05, 0) is 60.7 Å². The first-order valence-corrected chi connectivity index (χ1v) is 14.3. The Labute approximate surface area is 226 Å². The van der Waals surface area contributed by atoms with Gasteiger partial charge >= 0.3 is 0 Å². The number of aromatic nitrogens is 1. The Balaban J connectivity index is 1.12. The van der Waals surface area contributed by atoms with Crippen molar-refractivity contribution in [2.45, 2.75) is 31.1 Å². The molecule has 0 amide bonds. The number of amidine groups is 1. The molecule has 0 saturated carbocycles. The van der Waals surface area contributed by atoms with Gasteiger partial charge in [0.2, 0.25) is 0 Å². The minimum atomic E-state index is 0.379. The molecule has 2 atom stereocenters. The van der Waals surface area contributed by atoms with Gasteiger partial charge in [-0.2, -0.15) is 0 Å². The molecule has 0 radical (unpaired) electrons. The number of hydrogen-bond acceptors (Lipinski definition) is 6. The van der Waals surface area contributed by atoms with Gasteiger partial charge in [0.15, 0.2) is 10.3 Å². The Hall–Kier alpha value is -3.29. The third-order valence-corrected chi connectivity index (χ3v) is 9.12. The van der Waals surface area contributed by atoms with Gasteiger partial charge in [-0.1, -0.05) is 77.7 Å². The highest BCUT2D eigenvalue weighted by atomic mass is 32.2. The summed E-state index contributed by atoms with van der Waals surface area (Å²) in [5.74, 6) is 0.814. The van der Waals surface area contributed by atoms with Crippen LogP contribution in [0.1, 0.15) is 29.7 Å². The number of nitrogens with one attached hydrogen (secondary N) is 1. The third-order valence-electron chi connectivity index (χ3n) is 6.88. The SMILES string of the molecule is C=C(C)CN1C(=Nc2ccc(CCNc3nc4c(OC)cccc4s3)cc2)SC2Cc3ccccc3[C@@H]21. The number of thiazole rings is 1. The number of fused-ring (bicyclic) bond motifs is 4. The zero-order valence-corrected chi connectivity index (χ0v) is 22.7. The fraction of sp³-hybridized carbons (Fsp3) is 0.267. The van der Waals surface area contributed by atoms with Gasteiger partial charge in [0, 0.05) is 18.3 Å². The maximum absolute atomic E-state index is 5.43. The molecule has 1 unspecified atom stereocenters. The van der Waals surface area contributed by atoms with Gasteiger partial charge in [0.05, 0.1) is 23.5 Å². The maximum atomic E-state index is 5.43. The highest BCUT2D eigenvalue weighted by molar-refractivity contribution is 8.14. The van der Waals surface area contributed by atoms with Crippen molar-refractivity contribution < 1.29 is 4.74 Å². The van der Waals surface area contributed by atoms with Crippen molar-refractivity contribution in [1.82, 2.24) is 9.88 Å². The summed E-state index contributed by atoms with van der Waals surface area (Å²) in [6.07, 6.45) is 2.02. The molecule has 2 heterocycles. The molecule has 1 fully saturated rings. The Kier molecular flexibility index (Phi) is 6.65. The highest BCUT2D eigenvalue weighted by Gasteiger charge is 2.44. The van der Waals surface area contributed by atoms with Gasteiger partial charge in [-0.25, -0.2) is 9.98 Å². The molecule has 37 heavy (non-hydrogen) atoms. The van der Waals surface area contributed by atoms with Gasteiger partial charge in [0.1, 0.15) is 11.3 Å². The Morgan fingerprint density at radius 2 is 1.97 bits per heavy atom. The van der Waals surface area contributed by atoms with Crippen molar-refractivity contribution in [2.24, 2.45) is 4.99 Å².